The Labute approximate surface area is 157 Å². The summed E-state index contributed by atoms with van der Waals surface area (Å²) in [5.41, 5.74) is 14.4. The first-order valence-corrected chi connectivity index (χ1v) is 8.20. The van der Waals surface area contributed by atoms with Crippen molar-refractivity contribution in [3.05, 3.63) is 57.9 Å². The van der Waals surface area contributed by atoms with E-state index in [-0.39, 0.29) is 25.7 Å². The molecule has 138 valence electrons. The van der Waals surface area contributed by atoms with Gasteiger partial charge in [-0.2, -0.15) is 4.99 Å². The zero-order chi connectivity index (χ0) is 18.1. The number of rotatable bonds is 1. The number of nitrogens with two attached hydrogens (primary N) is 2. The molecule has 7 heteroatoms. The first-order chi connectivity index (χ1) is 11.9. The van der Waals surface area contributed by atoms with E-state index in [1.807, 2.05) is 13.0 Å². The Morgan fingerprint density at radius 2 is 1.96 bits per heavy atom. The minimum Gasteiger partial charge on any atom is -0.370 e. The molecule has 2 aromatic carbocycles. The molecule has 1 aliphatic rings. The number of nitrogens with zero attached hydrogens (tertiary/aromatic N) is 2. The van der Waals surface area contributed by atoms with Crippen molar-refractivity contribution in [3.8, 4) is 11.1 Å². The highest BCUT2D eigenvalue weighted by molar-refractivity contribution is 6.31. The number of fused-ring (bicyclic) bond motifs is 1. The number of halogens is 2. The molecule has 0 fully saturated rings. The van der Waals surface area contributed by atoms with E-state index in [1.165, 1.54) is 11.0 Å². The van der Waals surface area contributed by atoms with Gasteiger partial charge in [-0.3, -0.25) is 0 Å². The number of aliphatic imine (C=N–C) groups is 1. The maximum Gasteiger partial charge on any atom is 0.347 e. The Kier molecular flexibility index (Phi) is 5.87. The molecule has 2 aromatic rings. The average Bonchev–Trinajstić information content (AvgIpc) is 2.55. The molecule has 0 atom stereocenters. The molecule has 1 heterocycles. The summed E-state index contributed by atoms with van der Waals surface area (Å²) in [6.07, 6.45) is 0.557. The van der Waals surface area contributed by atoms with E-state index in [4.69, 9.17) is 23.1 Å². The number of carbonyl (C=O) groups is 1. The van der Waals surface area contributed by atoms with Crippen LogP contribution in [0.5, 0.6) is 0 Å². The van der Waals surface area contributed by atoms with Gasteiger partial charge in [-0.1, -0.05) is 37.2 Å². The summed E-state index contributed by atoms with van der Waals surface area (Å²) in [6.45, 7) is 2.57. The molecule has 4 N–H and O–H groups in total. The molecule has 3 rings (SSSR count). The average molecular weight is 377 g/mol. The van der Waals surface area contributed by atoms with Crippen molar-refractivity contribution in [3.63, 3.8) is 0 Å². The van der Waals surface area contributed by atoms with Crippen molar-refractivity contribution in [1.82, 2.24) is 4.90 Å². The van der Waals surface area contributed by atoms with Crippen LogP contribution in [0.3, 0.4) is 0 Å². The maximum absolute atomic E-state index is 14.5. The van der Waals surface area contributed by atoms with Gasteiger partial charge in [0.05, 0.1) is 0 Å². The number of urea groups is 1. The SMILES string of the molecule is C.Cc1cccc(F)c1-c1ccc(Cl)c2c1CN(C(=O)N=C(N)N)CC2. The minimum atomic E-state index is -0.512. The van der Waals surface area contributed by atoms with Gasteiger partial charge in [-0.25, -0.2) is 9.18 Å². The summed E-state index contributed by atoms with van der Waals surface area (Å²) in [6, 6.07) is 8.00. The van der Waals surface area contributed by atoms with E-state index in [9.17, 15) is 9.18 Å². The second-order valence-electron chi connectivity index (χ2n) is 5.97. The van der Waals surface area contributed by atoms with Crippen LogP contribution in [-0.4, -0.2) is 23.4 Å². The predicted molar refractivity (Wildman–Crippen MR) is 104 cm³/mol. The monoisotopic (exact) mass is 376 g/mol. The molecule has 0 unspecified atom stereocenters. The molecule has 0 saturated carbocycles. The normalized spacial score (nSPS) is 12.8. The lowest BCUT2D eigenvalue weighted by atomic mass is 9.89. The van der Waals surface area contributed by atoms with Gasteiger partial charge in [0.15, 0.2) is 5.96 Å². The molecular weight excluding hydrogens is 355 g/mol. The lowest BCUT2D eigenvalue weighted by molar-refractivity contribution is 0.203. The second-order valence-corrected chi connectivity index (χ2v) is 6.38. The molecule has 0 saturated heterocycles. The number of benzene rings is 2. The molecule has 0 aromatic heterocycles. The topological polar surface area (TPSA) is 84.7 Å². The smallest absolute Gasteiger partial charge is 0.347 e. The minimum absolute atomic E-state index is 0. The third kappa shape index (κ3) is 3.65. The Morgan fingerprint density at radius 3 is 2.62 bits per heavy atom. The number of amides is 2. The van der Waals surface area contributed by atoms with Crippen LogP contribution in [-0.2, 0) is 13.0 Å². The fraction of sp³-hybridized carbons (Fsp3) is 0.263. The Bertz CT molecular complexity index is 858. The van der Waals surface area contributed by atoms with Gasteiger partial charge in [0.25, 0.3) is 0 Å². The highest BCUT2D eigenvalue weighted by Gasteiger charge is 2.26. The summed E-state index contributed by atoms with van der Waals surface area (Å²) in [4.78, 5) is 17.3. The molecule has 0 spiro atoms. The summed E-state index contributed by atoms with van der Waals surface area (Å²) >= 11 is 6.33. The van der Waals surface area contributed by atoms with E-state index >= 15 is 0 Å². The first kappa shape index (κ1) is 19.7. The lowest BCUT2D eigenvalue weighted by Crippen LogP contribution is -2.36. The molecule has 0 radical (unpaired) electrons. The Hall–Kier alpha value is -2.60. The highest BCUT2D eigenvalue weighted by atomic mass is 35.5. The summed E-state index contributed by atoms with van der Waals surface area (Å²) in [5.74, 6) is -0.593. The summed E-state index contributed by atoms with van der Waals surface area (Å²) in [5, 5.41) is 0.613. The Morgan fingerprint density at radius 1 is 1.23 bits per heavy atom. The standard InChI is InChI=1S/C18H18ClFN4O.CH4/c1-10-3-2-4-15(20)16(10)12-5-6-14(19)11-7-8-24(9-13(11)12)18(25)23-17(21)22;/h2-6H,7-9H2,1H3,(H4,21,22,23,25);1H4. The molecule has 1 aliphatic heterocycles. The van der Waals surface area contributed by atoms with Crippen LogP contribution in [0.4, 0.5) is 9.18 Å². The third-order valence-electron chi connectivity index (χ3n) is 4.34. The number of hydrogen-bond donors (Lipinski definition) is 2. The molecule has 5 nitrogen and oxygen atoms in total. The van der Waals surface area contributed by atoms with Gasteiger partial charge >= 0.3 is 6.03 Å². The van der Waals surface area contributed by atoms with Gasteiger partial charge in [0.2, 0.25) is 0 Å². The van der Waals surface area contributed by atoms with Crippen LogP contribution in [0.1, 0.15) is 24.1 Å². The van der Waals surface area contributed by atoms with E-state index in [1.54, 1.807) is 18.2 Å². The van der Waals surface area contributed by atoms with Crippen molar-refractivity contribution in [1.29, 1.82) is 0 Å². The van der Waals surface area contributed by atoms with E-state index in [0.29, 0.717) is 23.6 Å². The Balaban J connectivity index is 0.00000243. The molecule has 0 aliphatic carbocycles. The second kappa shape index (κ2) is 7.74. The lowest BCUT2D eigenvalue weighted by Gasteiger charge is -2.30. The summed E-state index contributed by atoms with van der Waals surface area (Å²) < 4.78 is 14.5. The van der Waals surface area contributed by atoms with Crippen molar-refractivity contribution in [2.45, 2.75) is 27.3 Å². The van der Waals surface area contributed by atoms with Crippen LogP contribution in [0.25, 0.3) is 11.1 Å². The van der Waals surface area contributed by atoms with Crippen molar-refractivity contribution < 1.29 is 9.18 Å². The zero-order valence-electron chi connectivity index (χ0n) is 13.7. The van der Waals surface area contributed by atoms with Gasteiger partial charge < -0.3 is 16.4 Å². The number of aryl methyl sites for hydroxylation is 1. The van der Waals surface area contributed by atoms with E-state index in [2.05, 4.69) is 4.99 Å². The predicted octanol–water partition coefficient (Wildman–Crippen LogP) is 3.84. The van der Waals surface area contributed by atoms with Crippen LogP contribution in [0.15, 0.2) is 35.3 Å². The molecule has 2 amide bonds. The van der Waals surface area contributed by atoms with Crippen molar-refractivity contribution in [2.24, 2.45) is 16.5 Å². The fourth-order valence-electron chi connectivity index (χ4n) is 3.18. The van der Waals surface area contributed by atoms with Gasteiger partial charge in [0.1, 0.15) is 5.82 Å². The largest absolute Gasteiger partial charge is 0.370 e. The summed E-state index contributed by atoms with van der Waals surface area (Å²) in [7, 11) is 0. The zero-order valence-corrected chi connectivity index (χ0v) is 14.5. The molecule has 0 bridgehead atoms. The van der Waals surface area contributed by atoms with E-state index < -0.39 is 6.03 Å². The third-order valence-corrected chi connectivity index (χ3v) is 4.70. The molecule has 26 heavy (non-hydrogen) atoms. The number of guanidine groups is 1. The number of hydrogen-bond acceptors (Lipinski definition) is 1. The van der Waals surface area contributed by atoms with Crippen molar-refractivity contribution in [2.75, 3.05) is 6.54 Å². The first-order valence-electron chi connectivity index (χ1n) is 7.82. The fourth-order valence-corrected chi connectivity index (χ4v) is 3.46. The van der Waals surface area contributed by atoms with Crippen LogP contribution in [0.2, 0.25) is 5.02 Å². The van der Waals surface area contributed by atoms with Crippen LogP contribution < -0.4 is 11.5 Å². The van der Waals surface area contributed by atoms with Crippen molar-refractivity contribution >= 4 is 23.6 Å². The quantitative estimate of drug-likeness (QED) is 0.585. The van der Waals surface area contributed by atoms with E-state index in [0.717, 1.165) is 22.3 Å². The number of carbonyl (C=O) groups excluding carboxylic acids is 1. The van der Waals surface area contributed by atoms with Gasteiger partial charge in [-0.05, 0) is 47.7 Å². The highest BCUT2D eigenvalue weighted by Crippen LogP contribution is 2.37. The van der Waals surface area contributed by atoms with Crippen LogP contribution in [0, 0.1) is 12.7 Å². The maximum atomic E-state index is 14.5. The molecular formula is C19H22ClFN4O. The van der Waals surface area contributed by atoms with Crippen LogP contribution >= 0.6 is 11.6 Å². The van der Waals surface area contributed by atoms with Gasteiger partial charge in [-0.15, -0.1) is 0 Å². The van der Waals surface area contributed by atoms with Gasteiger partial charge in [0, 0.05) is 23.7 Å².